The largest absolute Gasteiger partial charge is 0.494 e. The molecule has 190 valence electrons. The van der Waals surface area contributed by atoms with Crippen LogP contribution in [0.2, 0.25) is 5.02 Å². The first-order valence-electron chi connectivity index (χ1n) is 10.2. The van der Waals surface area contributed by atoms with Crippen molar-refractivity contribution in [2.75, 3.05) is 25.2 Å². The highest BCUT2D eigenvalue weighted by atomic mass is 35.5. The fraction of sp³-hybridized carbons (Fsp3) is 0.400. The van der Waals surface area contributed by atoms with E-state index < -0.39 is 36.8 Å². The van der Waals surface area contributed by atoms with Crippen LogP contribution in [0.4, 0.5) is 5.95 Å². The molecule has 0 bridgehead atoms. The van der Waals surface area contributed by atoms with Crippen LogP contribution < -0.4 is 14.2 Å². The molecule has 35 heavy (non-hydrogen) atoms. The van der Waals surface area contributed by atoms with E-state index in [1.807, 2.05) is 0 Å². The fourth-order valence-electron chi connectivity index (χ4n) is 3.25. The van der Waals surface area contributed by atoms with Crippen LogP contribution in [0.25, 0.3) is 5.69 Å². The van der Waals surface area contributed by atoms with E-state index in [0.29, 0.717) is 5.02 Å². The topological polar surface area (TPSA) is 155 Å². The van der Waals surface area contributed by atoms with Crippen molar-refractivity contribution in [2.24, 2.45) is 0 Å². The van der Waals surface area contributed by atoms with Crippen LogP contribution in [0, 0.1) is 0 Å². The van der Waals surface area contributed by atoms with Crippen LogP contribution in [0.15, 0.2) is 30.6 Å². The second-order valence-electron chi connectivity index (χ2n) is 7.76. The number of sulfonamides is 1. The van der Waals surface area contributed by atoms with E-state index in [4.69, 9.17) is 21.1 Å². The molecule has 0 saturated carbocycles. The Balaban J connectivity index is 2.10. The van der Waals surface area contributed by atoms with Crippen LogP contribution in [-0.2, 0) is 25.6 Å². The molecule has 1 aromatic carbocycles. The summed E-state index contributed by atoms with van der Waals surface area (Å²) in [7, 11) is -4.81. The molecule has 1 N–H and O–H groups in total. The molecule has 0 fully saturated rings. The smallest absolute Gasteiger partial charge is 0.243 e. The molecule has 15 heteroatoms. The molecule has 0 amide bonds. The third-order valence-electron chi connectivity index (χ3n) is 5.22. The molecule has 12 nitrogen and oxygen atoms in total. The molecule has 0 aliphatic rings. The predicted octanol–water partition coefficient (Wildman–Crippen LogP) is 2.21. The molecule has 3 rings (SSSR count). The molecule has 3 aromatic rings. The summed E-state index contributed by atoms with van der Waals surface area (Å²) in [5.74, 6) is -0.522. The van der Waals surface area contributed by atoms with E-state index in [0.717, 1.165) is 6.26 Å². The molecule has 2 atom stereocenters. The quantitative estimate of drug-likeness (QED) is 0.401. The number of nitrogens with zero attached hydrogens (tertiary/aromatic N) is 5. The summed E-state index contributed by atoms with van der Waals surface area (Å²) >= 11 is 5.83. The summed E-state index contributed by atoms with van der Waals surface area (Å²) in [5, 5.41) is 7.20. The van der Waals surface area contributed by atoms with E-state index in [2.05, 4.69) is 24.9 Å². The maximum absolute atomic E-state index is 13.3. The zero-order valence-electron chi connectivity index (χ0n) is 19.6. The van der Waals surface area contributed by atoms with Crippen LogP contribution >= 0.6 is 11.6 Å². The summed E-state index contributed by atoms with van der Waals surface area (Å²) in [6.07, 6.45) is 3.80. The van der Waals surface area contributed by atoms with Gasteiger partial charge in [0.05, 0.1) is 24.5 Å². The van der Waals surface area contributed by atoms with Gasteiger partial charge in [-0.3, -0.25) is 9.29 Å². The Morgan fingerprint density at radius 1 is 1.03 bits per heavy atom. The van der Waals surface area contributed by atoms with E-state index in [1.54, 1.807) is 25.1 Å². The molecular formula is C20H25ClN6O6S2. The number of hydrogen-bond acceptors (Lipinski definition) is 10. The van der Waals surface area contributed by atoms with Crippen molar-refractivity contribution in [3.8, 4) is 17.2 Å². The lowest BCUT2D eigenvalue weighted by Gasteiger charge is -2.21. The van der Waals surface area contributed by atoms with E-state index in [-0.39, 0.29) is 34.8 Å². The average Bonchev–Trinajstić information content (AvgIpc) is 3.16. The van der Waals surface area contributed by atoms with Gasteiger partial charge in [0.2, 0.25) is 16.0 Å². The lowest BCUT2D eigenvalue weighted by Crippen LogP contribution is -2.31. The van der Waals surface area contributed by atoms with Crippen molar-refractivity contribution in [1.29, 1.82) is 0 Å². The summed E-state index contributed by atoms with van der Waals surface area (Å²) in [4.78, 5) is 8.21. The van der Waals surface area contributed by atoms with Crippen LogP contribution in [0.5, 0.6) is 11.5 Å². The lowest BCUT2D eigenvalue weighted by molar-refractivity contribution is 0.391. The molecule has 0 saturated heterocycles. The highest BCUT2D eigenvalue weighted by molar-refractivity contribution is 7.93. The summed E-state index contributed by atoms with van der Waals surface area (Å²) < 4.78 is 65.3. The Morgan fingerprint density at radius 3 is 2.11 bits per heavy atom. The van der Waals surface area contributed by atoms with Gasteiger partial charge in [-0.15, -0.1) is 10.2 Å². The van der Waals surface area contributed by atoms with Crippen molar-refractivity contribution in [3.05, 3.63) is 47.3 Å². The average molecular weight is 545 g/mol. The number of anilines is 1. The van der Waals surface area contributed by atoms with Gasteiger partial charge in [-0.1, -0.05) is 24.6 Å². The molecule has 2 heterocycles. The molecule has 0 aliphatic heterocycles. The Bertz CT molecular complexity index is 1390. The van der Waals surface area contributed by atoms with Crippen LogP contribution in [-0.4, -0.2) is 67.3 Å². The Labute approximate surface area is 208 Å². The first-order valence-corrected chi connectivity index (χ1v) is 14.2. The fourth-order valence-corrected chi connectivity index (χ4v) is 5.24. The number of hydrogen-bond donors (Lipinski definition) is 1. The van der Waals surface area contributed by atoms with Crippen molar-refractivity contribution in [3.63, 3.8) is 0 Å². The van der Waals surface area contributed by atoms with Crippen molar-refractivity contribution < 1.29 is 26.3 Å². The Morgan fingerprint density at radius 2 is 1.60 bits per heavy atom. The number of para-hydroxylation sites is 1. The minimum atomic E-state index is -4.09. The van der Waals surface area contributed by atoms with Gasteiger partial charge in [0.15, 0.2) is 15.7 Å². The Kier molecular flexibility index (Phi) is 7.87. The first kappa shape index (κ1) is 26.6. The number of ether oxygens (including phenoxy) is 2. The lowest BCUT2D eigenvalue weighted by atomic mass is 10.1. The van der Waals surface area contributed by atoms with E-state index in [9.17, 15) is 16.8 Å². The maximum Gasteiger partial charge on any atom is 0.243 e. The minimum Gasteiger partial charge on any atom is -0.494 e. The molecule has 2 aromatic heterocycles. The number of halogens is 1. The number of nitrogens with one attached hydrogen (secondary N) is 1. The third kappa shape index (κ3) is 6.00. The molecular weight excluding hydrogens is 520 g/mol. The van der Waals surface area contributed by atoms with Gasteiger partial charge in [0.25, 0.3) is 0 Å². The van der Waals surface area contributed by atoms with Crippen molar-refractivity contribution in [1.82, 2.24) is 24.7 Å². The number of benzene rings is 1. The summed E-state index contributed by atoms with van der Waals surface area (Å²) in [6.45, 7) is 3.16. The third-order valence-corrected chi connectivity index (χ3v) is 8.05. The Hall–Kier alpha value is -2.97. The molecule has 0 aliphatic carbocycles. The van der Waals surface area contributed by atoms with Gasteiger partial charge in [0, 0.05) is 24.6 Å². The monoisotopic (exact) mass is 544 g/mol. The predicted molar refractivity (Wildman–Crippen MR) is 130 cm³/mol. The summed E-state index contributed by atoms with van der Waals surface area (Å²) in [6, 6.07) is 4.90. The second kappa shape index (κ2) is 10.3. The van der Waals surface area contributed by atoms with Crippen molar-refractivity contribution in [2.45, 2.75) is 30.8 Å². The van der Waals surface area contributed by atoms with Gasteiger partial charge < -0.3 is 9.47 Å². The number of sulfone groups is 1. The molecule has 0 unspecified atom stereocenters. The zero-order valence-corrected chi connectivity index (χ0v) is 22.0. The number of rotatable bonds is 10. The van der Waals surface area contributed by atoms with Gasteiger partial charge in [-0.25, -0.2) is 26.8 Å². The highest BCUT2D eigenvalue weighted by Crippen LogP contribution is 2.36. The van der Waals surface area contributed by atoms with Gasteiger partial charge in [-0.05, 0) is 19.1 Å². The highest BCUT2D eigenvalue weighted by Gasteiger charge is 2.32. The van der Waals surface area contributed by atoms with Crippen LogP contribution in [0.1, 0.15) is 31.4 Å². The van der Waals surface area contributed by atoms with Gasteiger partial charge in [0.1, 0.15) is 28.8 Å². The SMILES string of the molecule is COc1cccc(OC)c1-n1c(CS(C)(=O)=O)nnc1NS(=O)(=O)[C@@H](C)[C@H](C)c1ncc(Cl)cn1. The zero-order chi connectivity index (χ0) is 26.0. The standard InChI is InChI=1S/C20H25ClN6O6S2/c1-12(19-22-9-14(21)10-23-19)13(2)35(30,31)26-20-25-24-17(11-34(5,28)29)27(20)18-15(32-3)7-6-8-16(18)33-4/h6-10,12-13H,11H2,1-5H3,(H,25,26)/t12-,13-/m0/s1. The molecule has 0 spiro atoms. The second-order valence-corrected chi connectivity index (χ2v) is 12.4. The van der Waals surface area contributed by atoms with Crippen molar-refractivity contribution >= 4 is 37.4 Å². The van der Waals surface area contributed by atoms with Gasteiger partial charge >= 0.3 is 0 Å². The normalized spacial score (nSPS) is 13.8. The van der Waals surface area contributed by atoms with E-state index in [1.165, 1.54) is 38.1 Å². The molecule has 0 radical (unpaired) electrons. The minimum absolute atomic E-state index is 0.0327. The maximum atomic E-state index is 13.3. The number of aromatic nitrogens is 5. The van der Waals surface area contributed by atoms with Gasteiger partial charge in [-0.2, -0.15) is 0 Å². The van der Waals surface area contributed by atoms with E-state index >= 15 is 0 Å². The first-order chi connectivity index (χ1) is 16.4. The van der Waals surface area contributed by atoms with Crippen LogP contribution in [0.3, 0.4) is 0 Å². The number of methoxy groups -OCH3 is 2. The summed E-state index contributed by atoms with van der Waals surface area (Å²) in [5.41, 5.74) is 0.237.